The van der Waals surface area contributed by atoms with Crippen molar-refractivity contribution in [3.8, 4) is 17.0 Å². The fourth-order valence-corrected chi connectivity index (χ4v) is 6.93. The van der Waals surface area contributed by atoms with Crippen molar-refractivity contribution in [2.45, 2.75) is 78.0 Å². The van der Waals surface area contributed by atoms with Crippen LogP contribution in [0.15, 0.2) is 42.5 Å². The van der Waals surface area contributed by atoms with Crippen molar-refractivity contribution in [2.24, 2.45) is 0 Å². The summed E-state index contributed by atoms with van der Waals surface area (Å²) in [7, 11) is 0.364. The van der Waals surface area contributed by atoms with E-state index >= 15 is 4.39 Å². The maximum absolute atomic E-state index is 15.7. The highest BCUT2D eigenvalue weighted by atomic mass is 28.3. The van der Waals surface area contributed by atoms with E-state index in [0.29, 0.717) is 58.9 Å². The summed E-state index contributed by atoms with van der Waals surface area (Å²) < 4.78 is 34.8. The van der Waals surface area contributed by atoms with Crippen LogP contribution in [0, 0.1) is 5.82 Å². The zero-order valence-corrected chi connectivity index (χ0v) is 33.9. The molecule has 2 aromatic heterocycles. The lowest BCUT2D eigenvalue weighted by Crippen LogP contribution is -2.25. The van der Waals surface area contributed by atoms with Crippen molar-refractivity contribution >= 4 is 50.6 Å². The first-order chi connectivity index (χ1) is 24.5. The minimum atomic E-state index is -1.36. The summed E-state index contributed by atoms with van der Waals surface area (Å²) in [4.78, 5) is 31.2. The number of rotatable bonds is 18. The fraction of sp³-hybridized carbons (Fsp3) is 0.459. The van der Waals surface area contributed by atoms with Gasteiger partial charge in [-0.3, -0.25) is 9.69 Å². The van der Waals surface area contributed by atoms with Crippen LogP contribution in [-0.4, -0.2) is 82.1 Å². The zero-order valence-electron chi connectivity index (χ0n) is 31.9. The molecule has 0 saturated heterocycles. The third kappa shape index (κ3) is 10.6. The molecule has 0 aliphatic heterocycles. The van der Waals surface area contributed by atoms with E-state index in [9.17, 15) is 14.7 Å². The molecule has 0 saturated carbocycles. The molecule has 0 radical (unpaired) electrons. The molecule has 282 valence electrons. The molecule has 12 nitrogen and oxygen atoms in total. The van der Waals surface area contributed by atoms with Gasteiger partial charge in [0, 0.05) is 55.6 Å². The smallest absolute Gasteiger partial charge is 0.411 e. The molecule has 2 heterocycles. The molecule has 2 aromatic carbocycles. The number of hydrogen-bond acceptors (Lipinski definition) is 8. The maximum atomic E-state index is 15.7. The van der Waals surface area contributed by atoms with Crippen LogP contribution < -0.4 is 20.3 Å². The molecule has 2 amide bonds. The summed E-state index contributed by atoms with van der Waals surface area (Å²) in [6.45, 7) is 16.9. The van der Waals surface area contributed by atoms with E-state index in [1.807, 2.05) is 19.1 Å². The number of nitrogens with zero attached hydrogens (tertiary/aromatic N) is 4. The number of nitrogens with one attached hydrogen (secondary N) is 2. The number of fused-ring (bicyclic) bond motifs is 1. The highest BCUT2D eigenvalue weighted by molar-refractivity contribution is 6.76. The molecule has 52 heavy (non-hydrogen) atoms. The van der Waals surface area contributed by atoms with Crippen LogP contribution in [-0.2, 0) is 29.2 Å². The number of hydrogen-bond donors (Lipinski definition) is 3. The van der Waals surface area contributed by atoms with Crippen LogP contribution in [0.5, 0.6) is 5.75 Å². The second kappa shape index (κ2) is 17.5. The van der Waals surface area contributed by atoms with Gasteiger partial charge in [0.05, 0.1) is 22.3 Å². The predicted molar refractivity (Wildman–Crippen MR) is 210 cm³/mol. The van der Waals surface area contributed by atoms with Crippen molar-refractivity contribution in [1.82, 2.24) is 20.1 Å². The van der Waals surface area contributed by atoms with E-state index < -0.39 is 34.0 Å². The fourth-order valence-electron chi connectivity index (χ4n) is 5.41. The number of ether oxygens (including phenoxy) is 3. The van der Waals surface area contributed by atoms with E-state index in [1.165, 1.54) is 20.2 Å². The number of aryl methyl sites for hydroxylation is 1. The largest absolute Gasteiger partial charge is 0.465 e. The average Bonchev–Trinajstić information content (AvgIpc) is 3.46. The van der Waals surface area contributed by atoms with Crippen LogP contribution in [0.25, 0.3) is 22.2 Å². The Labute approximate surface area is 307 Å². The van der Waals surface area contributed by atoms with Gasteiger partial charge in [-0.1, -0.05) is 64.4 Å². The van der Waals surface area contributed by atoms with Gasteiger partial charge in [-0.15, -0.1) is 0 Å². The second-order valence-electron chi connectivity index (χ2n) is 15.1. The van der Waals surface area contributed by atoms with Crippen molar-refractivity contribution in [1.29, 1.82) is 0 Å². The molecule has 0 spiro atoms. The molecule has 0 bridgehead atoms. The number of amides is 2. The Hall–Kier alpha value is -4.32. The summed E-state index contributed by atoms with van der Waals surface area (Å²) in [5, 5.41) is 20.8. The van der Waals surface area contributed by atoms with Gasteiger partial charge >= 0.3 is 6.09 Å². The quantitative estimate of drug-likeness (QED) is 0.0526. The molecule has 0 aliphatic carbocycles. The Morgan fingerprint density at radius 2 is 1.65 bits per heavy atom. The monoisotopic (exact) mass is 752 g/mol. The van der Waals surface area contributed by atoms with E-state index in [0.717, 1.165) is 22.6 Å². The van der Waals surface area contributed by atoms with Gasteiger partial charge in [-0.2, -0.15) is 5.10 Å². The van der Waals surface area contributed by atoms with E-state index in [1.54, 1.807) is 28.9 Å². The van der Waals surface area contributed by atoms with Crippen LogP contribution >= 0.6 is 0 Å². The van der Waals surface area contributed by atoms with E-state index in [-0.39, 0.29) is 31.5 Å². The van der Waals surface area contributed by atoms with Gasteiger partial charge < -0.3 is 30.0 Å². The molecule has 3 N–H and O–H groups in total. The van der Waals surface area contributed by atoms with E-state index in [2.05, 4.69) is 55.0 Å². The number of carboxylic acid groups (broad SMARTS) is 1. The molecule has 4 rings (SSSR count). The summed E-state index contributed by atoms with van der Waals surface area (Å²) in [5.41, 5.74) is 3.68. The Balaban J connectivity index is 1.81. The van der Waals surface area contributed by atoms with Gasteiger partial charge in [0.2, 0.25) is 0 Å². The standard InChI is InChI=1S/C37H53FN6O6Si2/c1-10-25-19-32(50-24-49-16-18-52(7,8)9)28(38)20-27(25)29-21-31-33(34(36(45)39-2)42-44(31)23-48-15-17-51(4,5)6)35(41-29)40-22-26-13-11-12-14-30(26)43(3)37(46)47/h11-14,19-21H,10,15-18,22-24H2,1-9H3,(H,39,45)(H,40,41)(H,46,47). The lowest BCUT2D eigenvalue weighted by molar-refractivity contribution is 0.0197. The number of carbonyl (C=O) groups excluding carboxylic acids is 1. The highest BCUT2D eigenvalue weighted by Crippen LogP contribution is 2.35. The number of anilines is 2. The van der Waals surface area contributed by atoms with Gasteiger partial charge in [-0.05, 0) is 53.9 Å². The molecule has 0 atom stereocenters. The van der Waals surface area contributed by atoms with Crippen LogP contribution in [0.1, 0.15) is 28.5 Å². The first kappa shape index (κ1) is 40.5. The molecular weight excluding hydrogens is 700 g/mol. The van der Waals surface area contributed by atoms with Gasteiger partial charge in [-0.25, -0.2) is 18.9 Å². The van der Waals surface area contributed by atoms with Gasteiger partial charge in [0.15, 0.2) is 24.1 Å². The molecular formula is C37H53FN6O6Si2. The molecule has 0 aliphatic rings. The number of aromatic nitrogens is 3. The van der Waals surface area contributed by atoms with E-state index in [4.69, 9.17) is 19.2 Å². The van der Waals surface area contributed by atoms with Gasteiger partial charge in [0.25, 0.3) is 5.91 Å². The molecule has 15 heteroatoms. The number of benzene rings is 2. The van der Waals surface area contributed by atoms with Crippen LogP contribution in [0.3, 0.4) is 0 Å². The second-order valence-corrected chi connectivity index (χ2v) is 26.4. The van der Waals surface area contributed by atoms with Crippen LogP contribution in [0.4, 0.5) is 20.7 Å². The number of halogens is 1. The Kier molecular flexibility index (Phi) is 13.6. The van der Waals surface area contributed by atoms with Crippen molar-refractivity contribution < 1.29 is 33.3 Å². The summed E-state index contributed by atoms with van der Waals surface area (Å²) >= 11 is 0. The lowest BCUT2D eigenvalue weighted by atomic mass is 10.00. The Morgan fingerprint density at radius 3 is 2.29 bits per heavy atom. The number of pyridine rings is 1. The SMILES string of the molecule is CCc1cc(OCOCC[Si](C)(C)C)c(F)cc1-c1cc2c(c(NCc3ccccc3N(C)C(=O)O)n1)c(C(=O)NC)nn2COCC[Si](C)(C)C. The predicted octanol–water partition coefficient (Wildman–Crippen LogP) is 7.89. The minimum absolute atomic E-state index is 0.0557. The first-order valence-corrected chi connectivity index (χ1v) is 25.0. The van der Waals surface area contributed by atoms with Crippen molar-refractivity contribution in [3.63, 3.8) is 0 Å². The summed E-state index contributed by atoms with van der Waals surface area (Å²) in [6.07, 6.45) is -0.547. The normalized spacial score (nSPS) is 11.9. The Morgan fingerprint density at radius 1 is 0.981 bits per heavy atom. The van der Waals surface area contributed by atoms with Crippen molar-refractivity contribution in [2.75, 3.05) is 44.3 Å². The topological polar surface area (TPSA) is 140 Å². The third-order valence-corrected chi connectivity index (χ3v) is 12.0. The van der Waals surface area contributed by atoms with Crippen molar-refractivity contribution in [3.05, 3.63) is 65.1 Å². The van der Waals surface area contributed by atoms with Crippen LogP contribution in [0.2, 0.25) is 51.4 Å². The number of para-hydroxylation sites is 1. The zero-order chi connectivity index (χ0) is 38.2. The molecule has 0 fully saturated rings. The Bertz CT molecular complexity index is 1870. The summed E-state index contributed by atoms with van der Waals surface area (Å²) in [6, 6.07) is 13.9. The highest BCUT2D eigenvalue weighted by Gasteiger charge is 2.24. The summed E-state index contributed by atoms with van der Waals surface area (Å²) in [5.74, 6) is -0.554. The average molecular weight is 753 g/mol. The minimum Gasteiger partial charge on any atom is -0.465 e. The molecule has 4 aromatic rings. The van der Waals surface area contributed by atoms with Gasteiger partial charge in [0.1, 0.15) is 12.5 Å². The first-order valence-electron chi connectivity index (χ1n) is 17.6. The lowest BCUT2D eigenvalue weighted by Gasteiger charge is -2.19. The maximum Gasteiger partial charge on any atom is 0.411 e. The number of carbonyl (C=O) groups is 2. The third-order valence-electron chi connectivity index (χ3n) is 8.58. The molecule has 0 unspecified atom stereocenters.